The van der Waals surface area contributed by atoms with Crippen LogP contribution in [0.25, 0.3) is 0 Å². The molecule has 0 unspecified atom stereocenters. The van der Waals surface area contributed by atoms with E-state index in [1.165, 1.54) is 0 Å². The number of carbonyl (C=O) groups excluding carboxylic acids is 2. The van der Waals surface area contributed by atoms with Crippen LogP contribution >= 0.6 is 0 Å². The molecule has 6 heteroatoms. The Hall–Kier alpha value is -3.02. The second-order valence-electron chi connectivity index (χ2n) is 6.22. The molecule has 0 fully saturated rings. The molecule has 2 aromatic rings. The molecule has 6 nitrogen and oxygen atoms in total. The van der Waals surface area contributed by atoms with Gasteiger partial charge in [-0.2, -0.15) is 0 Å². The van der Waals surface area contributed by atoms with Gasteiger partial charge < -0.3 is 20.7 Å². The summed E-state index contributed by atoms with van der Waals surface area (Å²) < 4.78 is 5.14. The lowest BCUT2D eigenvalue weighted by atomic mass is 10.2. The van der Waals surface area contributed by atoms with Crippen LogP contribution in [0.15, 0.2) is 48.5 Å². The highest BCUT2D eigenvalue weighted by Crippen LogP contribution is 2.17. The summed E-state index contributed by atoms with van der Waals surface area (Å²) in [5, 5.41) is 8.76. The fourth-order valence-electron chi connectivity index (χ4n) is 2.55. The van der Waals surface area contributed by atoms with Crippen molar-refractivity contribution in [1.29, 1.82) is 0 Å². The lowest BCUT2D eigenvalue weighted by molar-refractivity contribution is -0.116. The van der Waals surface area contributed by atoms with E-state index >= 15 is 0 Å². The number of amides is 2. The molecule has 2 amide bonds. The molecule has 2 rings (SSSR count). The van der Waals surface area contributed by atoms with Crippen LogP contribution in [0, 0.1) is 0 Å². The van der Waals surface area contributed by atoms with Gasteiger partial charge in [0.15, 0.2) is 0 Å². The number of hydrogen-bond donors (Lipinski definition) is 3. The van der Waals surface area contributed by atoms with Gasteiger partial charge in [0.25, 0.3) is 0 Å². The minimum atomic E-state index is -0.169. The van der Waals surface area contributed by atoms with Crippen molar-refractivity contribution in [3.05, 3.63) is 48.5 Å². The number of unbranched alkanes of at least 4 members (excludes halogenated alkanes) is 2. The molecule has 3 N–H and O–H groups in total. The van der Waals surface area contributed by atoms with Gasteiger partial charge in [0, 0.05) is 29.5 Å². The van der Waals surface area contributed by atoms with Crippen molar-refractivity contribution in [1.82, 2.24) is 0 Å². The fraction of sp³-hybridized carbons (Fsp3) is 0.333. The van der Waals surface area contributed by atoms with Crippen LogP contribution in [0.3, 0.4) is 0 Å². The summed E-state index contributed by atoms with van der Waals surface area (Å²) in [4.78, 5) is 24.0. The third-order valence-electron chi connectivity index (χ3n) is 3.96. The Morgan fingerprint density at radius 2 is 1.56 bits per heavy atom. The number of methoxy groups -OCH3 is 1. The average molecular weight is 369 g/mol. The fourth-order valence-corrected chi connectivity index (χ4v) is 2.55. The number of rotatable bonds is 10. The van der Waals surface area contributed by atoms with Crippen molar-refractivity contribution in [2.75, 3.05) is 29.6 Å². The van der Waals surface area contributed by atoms with Crippen LogP contribution in [-0.4, -0.2) is 25.5 Å². The largest absolute Gasteiger partial charge is 0.497 e. The number of nitrogens with one attached hydrogen (secondary N) is 3. The summed E-state index contributed by atoms with van der Waals surface area (Å²) in [6.45, 7) is 2.22. The number of ether oxygens (including phenoxy) is 1. The maximum Gasteiger partial charge on any atom is 0.243 e. The summed E-state index contributed by atoms with van der Waals surface area (Å²) in [6, 6.07) is 14.5. The molecule has 0 atom stereocenters. The van der Waals surface area contributed by atoms with Gasteiger partial charge in [0.2, 0.25) is 11.8 Å². The molecule has 0 spiro atoms. The first-order chi connectivity index (χ1) is 13.1. The zero-order chi connectivity index (χ0) is 19.5. The molecule has 0 aliphatic carbocycles. The maximum absolute atomic E-state index is 12.1. The van der Waals surface area contributed by atoms with Gasteiger partial charge in [-0.3, -0.25) is 9.59 Å². The number of hydrogen-bond acceptors (Lipinski definition) is 4. The van der Waals surface area contributed by atoms with E-state index in [4.69, 9.17) is 4.74 Å². The van der Waals surface area contributed by atoms with Crippen LogP contribution in [0.1, 0.15) is 32.6 Å². The zero-order valence-electron chi connectivity index (χ0n) is 15.9. The van der Waals surface area contributed by atoms with E-state index in [1.54, 1.807) is 19.2 Å². The second-order valence-corrected chi connectivity index (χ2v) is 6.22. The third kappa shape index (κ3) is 7.40. The Bertz CT molecular complexity index is 762. The van der Waals surface area contributed by atoms with E-state index in [9.17, 15) is 9.59 Å². The van der Waals surface area contributed by atoms with E-state index in [1.807, 2.05) is 36.4 Å². The van der Waals surface area contributed by atoms with Crippen molar-refractivity contribution >= 4 is 28.9 Å². The monoisotopic (exact) mass is 369 g/mol. The Morgan fingerprint density at radius 1 is 0.889 bits per heavy atom. The number of anilines is 3. The SMILES string of the molecule is CCCCCC(=O)Nc1cccc(NCC(=O)Nc2cccc(OC)c2)c1. The smallest absolute Gasteiger partial charge is 0.243 e. The predicted octanol–water partition coefficient (Wildman–Crippen LogP) is 4.26. The average Bonchev–Trinajstić information content (AvgIpc) is 2.67. The lowest BCUT2D eigenvalue weighted by Crippen LogP contribution is -2.21. The van der Waals surface area contributed by atoms with Crippen molar-refractivity contribution < 1.29 is 14.3 Å². The summed E-state index contributed by atoms with van der Waals surface area (Å²) in [5.74, 6) is 0.525. The molecule has 0 aliphatic rings. The topological polar surface area (TPSA) is 79.5 Å². The summed E-state index contributed by atoms with van der Waals surface area (Å²) in [7, 11) is 1.58. The highest BCUT2D eigenvalue weighted by atomic mass is 16.5. The van der Waals surface area contributed by atoms with Gasteiger partial charge in [-0.25, -0.2) is 0 Å². The molecule has 0 radical (unpaired) electrons. The maximum atomic E-state index is 12.1. The van der Waals surface area contributed by atoms with Crippen molar-refractivity contribution in [3.63, 3.8) is 0 Å². The van der Waals surface area contributed by atoms with Crippen LogP contribution in [-0.2, 0) is 9.59 Å². The first-order valence-electron chi connectivity index (χ1n) is 9.18. The standard InChI is InChI=1S/C21H27N3O3/c1-3-4-5-12-20(25)23-17-9-6-8-16(13-17)22-15-21(26)24-18-10-7-11-19(14-18)27-2/h6-11,13-14,22H,3-5,12,15H2,1-2H3,(H,23,25)(H,24,26). The van der Waals surface area contributed by atoms with Gasteiger partial charge in [0.1, 0.15) is 5.75 Å². The molecule has 0 heterocycles. The Labute approximate surface area is 160 Å². The molecule has 0 saturated carbocycles. The normalized spacial score (nSPS) is 10.1. The van der Waals surface area contributed by atoms with Gasteiger partial charge >= 0.3 is 0 Å². The second kappa shape index (κ2) is 10.9. The van der Waals surface area contributed by atoms with Gasteiger partial charge in [-0.05, 0) is 36.8 Å². The summed E-state index contributed by atoms with van der Waals surface area (Å²) >= 11 is 0. The van der Waals surface area contributed by atoms with Crippen molar-refractivity contribution in [2.45, 2.75) is 32.6 Å². The van der Waals surface area contributed by atoms with Crippen molar-refractivity contribution in [2.24, 2.45) is 0 Å². The lowest BCUT2D eigenvalue weighted by Gasteiger charge is -2.10. The van der Waals surface area contributed by atoms with Crippen molar-refractivity contribution in [3.8, 4) is 5.75 Å². The first-order valence-corrected chi connectivity index (χ1v) is 9.18. The van der Waals surface area contributed by atoms with Crippen LogP contribution in [0.2, 0.25) is 0 Å². The van der Waals surface area contributed by atoms with Gasteiger partial charge in [0.05, 0.1) is 13.7 Å². The molecule has 0 aliphatic heterocycles. The summed E-state index contributed by atoms with van der Waals surface area (Å²) in [5.41, 5.74) is 2.16. The molecule has 144 valence electrons. The third-order valence-corrected chi connectivity index (χ3v) is 3.96. The molecule has 2 aromatic carbocycles. The van der Waals surface area contributed by atoms with E-state index in [0.29, 0.717) is 17.9 Å². The number of benzene rings is 2. The number of carbonyl (C=O) groups is 2. The molecule has 0 saturated heterocycles. The predicted molar refractivity (Wildman–Crippen MR) is 109 cm³/mol. The highest BCUT2D eigenvalue weighted by molar-refractivity contribution is 5.94. The van der Waals surface area contributed by atoms with Gasteiger partial charge in [-0.15, -0.1) is 0 Å². The van der Waals surface area contributed by atoms with Crippen LogP contribution in [0.4, 0.5) is 17.1 Å². The quantitative estimate of drug-likeness (QED) is 0.547. The minimum absolute atomic E-state index is 0.0105. The molecular weight excluding hydrogens is 342 g/mol. The van der Waals surface area contributed by atoms with E-state index in [-0.39, 0.29) is 18.4 Å². The zero-order valence-corrected chi connectivity index (χ0v) is 15.9. The highest BCUT2D eigenvalue weighted by Gasteiger charge is 2.05. The first kappa shape index (κ1) is 20.3. The molecular formula is C21H27N3O3. The van der Waals surface area contributed by atoms with E-state index < -0.39 is 0 Å². The van der Waals surface area contributed by atoms with Crippen LogP contribution < -0.4 is 20.7 Å². The Morgan fingerprint density at radius 3 is 2.30 bits per heavy atom. The molecule has 27 heavy (non-hydrogen) atoms. The minimum Gasteiger partial charge on any atom is -0.497 e. The van der Waals surface area contributed by atoms with Crippen LogP contribution in [0.5, 0.6) is 5.75 Å². The summed E-state index contributed by atoms with van der Waals surface area (Å²) in [6.07, 6.45) is 3.56. The van der Waals surface area contributed by atoms with Gasteiger partial charge in [-0.1, -0.05) is 31.9 Å². The molecule has 0 bridgehead atoms. The molecule has 0 aromatic heterocycles. The Kier molecular flexibility index (Phi) is 8.16. The van der Waals surface area contributed by atoms with E-state index in [0.717, 1.165) is 30.6 Å². The van der Waals surface area contributed by atoms with E-state index in [2.05, 4.69) is 22.9 Å². The Balaban J connectivity index is 1.83.